The molecular formula is C30H32F3N3O6S. The first-order valence-corrected chi connectivity index (χ1v) is 14.9. The number of anilines is 1. The smallest absolute Gasteiger partial charge is 0.475 e. The summed E-state index contributed by atoms with van der Waals surface area (Å²) < 4.78 is 66.6. The number of ether oxygens (including phenoxy) is 1. The molecule has 0 aromatic heterocycles. The molecule has 5 rings (SSSR count). The first kappa shape index (κ1) is 31.8. The summed E-state index contributed by atoms with van der Waals surface area (Å²) in [5.41, 5.74) is 1.31. The van der Waals surface area contributed by atoms with E-state index in [-0.39, 0.29) is 23.4 Å². The van der Waals surface area contributed by atoms with Crippen molar-refractivity contribution in [3.63, 3.8) is 0 Å². The van der Waals surface area contributed by atoms with Crippen LogP contribution >= 0.6 is 0 Å². The van der Waals surface area contributed by atoms with E-state index >= 15 is 0 Å². The number of carboxylic acids is 1. The lowest BCUT2D eigenvalue weighted by atomic mass is 9.97. The van der Waals surface area contributed by atoms with Crippen LogP contribution in [0.3, 0.4) is 0 Å². The number of piperidine rings is 1. The summed E-state index contributed by atoms with van der Waals surface area (Å²) in [5, 5.41) is 7.12. The minimum Gasteiger partial charge on any atom is -0.475 e. The van der Waals surface area contributed by atoms with E-state index in [0.29, 0.717) is 17.2 Å². The summed E-state index contributed by atoms with van der Waals surface area (Å²) in [5.74, 6) is -2.27. The Balaban J connectivity index is 0.000000541. The predicted octanol–water partition coefficient (Wildman–Crippen LogP) is 4.96. The van der Waals surface area contributed by atoms with Crippen LogP contribution in [0.2, 0.25) is 0 Å². The second-order valence-electron chi connectivity index (χ2n) is 10.3. The monoisotopic (exact) mass is 619 g/mol. The Morgan fingerprint density at radius 1 is 0.930 bits per heavy atom. The van der Waals surface area contributed by atoms with E-state index in [1.165, 1.54) is 10.4 Å². The molecule has 0 bridgehead atoms. The van der Waals surface area contributed by atoms with E-state index in [2.05, 4.69) is 11.9 Å². The number of carbonyl (C=O) groups is 2. The van der Waals surface area contributed by atoms with Crippen molar-refractivity contribution in [3.8, 4) is 11.5 Å². The number of sulfonamides is 1. The third-order valence-corrected chi connectivity index (χ3v) is 9.20. The van der Waals surface area contributed by atoms with E-state index in [0.717, 1.165) is 31.5 Å². The summed E-state index contributed by atoms with van der Waals surface area (Å²) in [6.07, 6.45) is -3.24. The van der Waals surface area contributed by atoms with E-state index in [1.807, 2.05) is 60.5 Å². The van der Waals surface area contributed by atoms with Crippen molar-refractivity contribution < 1.29 is 41.0 Å². The van der Waals surface area contributed by atoms with Gasteiger partial charge in [-0.25, -0.2) is 13.2 Å². The van der Waals surface area contributed by atoms with Crippen LogP contribution in [0.4, 0.5) is 18.9 Å². The molecule has 1 unspecified atom stereocenters. The van der Waals surface area contributed by atoms with Gasteiger partial charge < -0.3 is 19.6 Å². The molecule has 1 N–H and O–H groups in total. The van der Waals surface area contributed by atoms with Gasteiger partial charge in [-0.3, -0.25) is 9.10 Å². The van der Waals surface area contributed by atoms with Crippen LogP contribution in [-0.2, 0) is 19.6 Å². The number of aliphatic carboxylic acids is 1. The molecule has 2 aliphatic heterocycles. The zero-order valence-electron chi connectivity index (χ0n) is 23.6. The van der Waals surface area contributed by atoms with Crippen LogP contribution in [0, 0.1) is 0 Å². The quantitative estimate of drug-likeness (QED) is 0.416. The van der Waals surface area contributed by atoms with Gasteiger partial charge in [0, 0.05) is 19.2 Å². The average molecular weight is 620 g/mol. The van der Waals surface area contributed by atoms with Gasteiger partial charge in [-0.05, 0) is 68.9 Å². The highest BCUT2D eigenvalue weighted by Crippen LogP contribution is 2.41. The fourth-order valence-corrected chi connectivity index (χ4v) is 6.61. The number of halogens is 3. The Morgan fingerprint density at radius 2 is 1.51 bits per heavy atom. The molecule has 0 radical (unpaired) electrons. The lowest BCUT2D eigenvalue weighted by Gasteiger charge is -2.36. The number of alkyl halides is 3. The van der Waals surface area contributed by atoms with Gasteiger partial charge in [-0.2, -0.15) is 13.2 Å². The van der Waals surface area contributed by atoms with Gasteiger partial charge in [0.25, 0.3) is 10.0 Å². The molecule has 1 amide bonds. The first-order valence-electron chi connectivity index (χ1n) is 13.5. The molecule has 43 heavy (non-hydrogen) atoms. The van der Waals surface area contributed by atoms with Gasteiger partial charge in [0.05, 0.1) is 23.0 Å². The van der Waals surface area contributed by atoms with Gasteiger partial charge in [-0.1, -0.05) is 42.5 Å². The highest BCUT2D eigenvalue weighted by molar-refractivity contribution is 7.92. The SMILES string of the molecule is CN1CCC(N(C)C(=O)C2CN(S(=O)(=O)c3cccc(Oc4ccccc4)c3)c3ccccc32)CC1.O=C(O)C(F)(F)F. The zero-order chi connectivity index (χ0) is 31.4. The van der Waals surface area contributed by atoms with Gasteiger partial charge >= 0.3 is 12.1 Å². The number of rotatable bonds is 6. The number of carboxylic acid groups (broad SMARTS) is 1. The maximum Gasteiger partial charge on any atom is 0.490 e. The van der Waals surface area contributed by atoms with Crippen molar-refractivity contribution in [1.82, 2.24) is 9.80 Å². The van der Waals surface area contributed by atoms with Crippen LogP contribution in [0.15, 0.2) is 83.8 Å². The van der Waals surface area contributed by atoms with E-state index in [4.69, 9.17) is 14.6 Å². The van der Waals surface area contributed by atoms with Crippen molar-refractivity contribution >= 4 is 27.6 Å². The number of likely N-dealkylation sites (N-methyl/N-ethyl adjacent to an activating group) is 1. The van der Waals surface area contributed by atoms with Crippen LogP contribution in [0.1, 0.15) is 24.3 Å². The summed E-state index contributed by atoms with van der Waals surface area (Å²) >= 11 is 0. The predicted molar refractivity (Wildman–Crippen MR) is 154 cm³/mol. The molecule has 3 aromatic rings. The van der Waals surface area contributed by atoms with Crippen LogP contribution < -0.4 is 9.04 Å². The third-order valence-electron chi connectivity index (χ3n) is 7.43. The topological polar surface area (TPSA) is 107 Å². The maximum absolute atomic E-state index is 13.8. The second-order valence-corrected chi connectivity index (χ2v) is 12.2. The standard InChI is InChI=1S/C28H31N3O4S.C2HF3O2/c1-29-17-15-21(16-18-29)30(2)28(32)26-20-31(27-14-7-6-13-25(26)27)36(33,34)24-12-8-11-23(19-24)35-22-9-4-3-5-10-22;3-2(4,5)1(6)7/h3-14,19,21,26H,15-18,20H2,1-2H3;(H,6,7). The van der Waals surface area contributed by atoms with E-state index in [9.17, 15) is 26.4 Å². The summed E-state index contributed by atoms with van der Waals surface area (Å²) in [7, 11) is 0.0256. The molecule has 1 atom stereocenters. The second kappa shape index (κ2) is 13.0. The van der Waals surface area contributed by atoms with Gasteiger partial charge in [0.2, 0.25) is 5.91 Å². The van der Waals surface area contributed by atoms with Gasteiger partial charge in [0.15, 0.2) is 0 Å². The molecule has 2 aliphatic rings. The Kier molecular flexibility index (Phi) is 9.65. The number of carbonyl (C=O) groups excluding carboxylic acids is 1. The lowest BCUT2D eigenvalue weighted by Crippen LogP contribution is -2.46. The Bertz CT molecular complexity index is 1540. The maximum atomic E-state index is 13.8. The van der Waals surface area contributed by atoms with E-state index < -0.39 is 28.1 Å². The molecule has 0 aliphatic carbocycles. The normalized spacial score (nSPS) is 17.4. The number of nitrogens with zero attached hydrogens (tertiary/aromatic N) is 3. The van der Waals surface area contributed by atoms with Crippen LogP contribution in [0.25, 0.3) is 0 Å². The molecule has 2 heterocycles. The molecule has 13 heteroatoms. The van der Waals surface area contributed by atoms with Crippen molar-refractivity contribution in [2.24, 2.45) is 0 Å². The Morgan fingerprint density at radius 3 is 2.14 bits per heavy atom. The Hall–Kier alpha value is -4.10. The van der Waals surface area contributed by atoms with Crippen molar-refractivity contribution in [1.29, 1.82) is 0 Å². The fraction of sp³-hybridized carbons (Fsp3) is 0.333. The molecule has 9 nitrogen and oxygen atoms in total. The van der Waals surface area contributed by atoms with Crippen molar-refractivity contribution in [3.05, 3.63) is 84.4 Å². The average Bonchev–Trinajstić information content (AvgIpc) is 3.38. The number of amides is 1. The molecule has 1 saturated heterocycles. The minimum atomic E-state index is -5.08. The summed E-state index contributed by atoms with van der Waals surface area (Å²) in [4.78, 5) is 26.7. The highest BCUT2D eigenvalue weighted by atomic mass is 32.2. The number of likely N-dealkylation sites (tertiary alicyclic amines) is 1. The number of para-hydroxylation sites is 2. The Labute approximate surface area is 248 Å². The molecule has 3 aromatic carbocycles. The number of hydrogen-bond donors (Lipinski definition) is 1. The number of benzene rings is 3. The zero-order valence-corrected chi connectivity index (χ0v) is 24.4. The molecule has 0 saturated carbocycles. The fourth-order valence-electron chi connectivity index (χ4n) is 5.07. The molecular weight excluding hydrogens is 587 g/mol. The third kappa shape index (κ3) is 7.46. The number of hydrogen-bond acceptors (Lipinski definition) is 6. The molecule has 0 spiro atoms. The highest BCUT2D eigenvalue weighted by Gasteiger charge is 2.42. The lowest BCUT2D eigenvalue weighted by molar-refractivity contribution is -0.192. The summed E-state index contributed by atoms with van der Waals surface area (Å²) in [6.45, 7) is 1.98. The van der Waals surface area contributed by atoms with E-state index in [1.54, 1.807) is 24.3 Å². The van der Waals surface area contributed by atoms with Crippen molar-refractivity contribution in [2.75, 3.05) is 38.0 Å². The largest absolute Gasteiger partial charge is 0.490 e. The minimum absolute atomic E-state index is 0.0316. The van der Waals surface area contributed by atoms with Gasteiger partial charge in [0.1, 0.15) is 11.5 Å². The number of fused-ring (bicyclic) bond motifs is 1. The van der Waals surface area contributed by atoms with Crippen molar-refractivity contribution in [2.45, 2.75) is 35.9 Å². The van der Waals surface area contributed by atoms with Crippen LogP contribution in [-0.4, -0.2) is 81.1 Å². The van der Waals surface area contributed by atoms with Crippen LogP contribution in [0.5, 0.6) is 11.5 Å². The van der Waals surface area contributed by atoms with Gasteiger partial charge in [-0.15, -0.1) is 0 Å². The molecule has 1 fully saturated rings. The molecule has 230 valence electrons. The summed E-state index contributed by atoms with van der Waals surface area (Å²) in [6, 6.07) is 23.2. The first-order chi connectivity index (χ1) is 20.3.